The highest BCUT2D eigenvalue weighted by Gasteiger charge is 2.27. The number of nitrogens with one attached hydrogen (secondary N) is 2. The molecule has 1 saturated carbocycles. The van der Waals surface area contributed by atoms with Gasteiger partial charge in [0.15, 0.2) is 11.2 Å². The number of H-pyrrole nitrogens is 1. The molecule has 1 aliphatic carbocycles. The molecule has 2 heterocycles. The number of hydrogen-bond acceptors (Lipinski definition) is 5. The molecule has 0 saturated heterocycles. The molecule has 4 aromatic rings. The van der Waals surface area contributed by atoms with Crippen molar-refractivity contribution in [1.29, 1.82) is 0 Å². The molecule has 0 aliphatic heterocycles. The van der Waals surface area contributed by atoms with Gasteiger partial charge >= 0.3 is 0 Å². The number of fused-ring (bicyclic) bond motifs is 1. The lowest BCUT2D eigenvalue weighted by molar-refractivity contribution is -0.117. The van der Waals surface area contributed by atoms with Gasteiger partial charge in [-0.05, 0) is 56.2 Å². The van der Waals surface area contributed by atoms with Gasteiger partial charge in [0.1, 0.15) is 17.1 Å². The van der Waals surface area contributed by atoms with Gasteiger partial charge in [-0.3, -0.25) is 14.7 Å². The molecule has 168 valence electrons. The summed E-state index contributed by atoms with van der Waals surface area (Å²) in [6.45, 7) is 1.71. The van der Waals surface area contributed by atoms with Crippen LogP contribution in [0.4, 0.5) is 5.82 Å². The van der Waals surface area contributed by atoms with Gasteiger partial charge in [0.25, 0.3) is 0 Å². The Hall–Kier alpha value is -3.87. The highest BCUT2D eigenvalue weighted by atomic mass is 16.5. The van der Waals surface area contributed by atoms with Gasteiger partial charge in [-0.15, -0.1) is 0 Å². The van der Waals surface area contributed by atoms with Gasteiger partial charge < -0.3 is 14.5 Å². The first-order valence-corrected chi connectivity index (χ1v) is 11.1. The number of carbonyl (C=O) groups excluding carboxylic acids is 1. The van der Waals surface area contributed by atoms with Crippen LogP contribution in [0.1, 0.15) is 49.3 Å². The highest BCUT2D eigenvalue weighted by Crippen LogP contribution is 2.36. The van der Waals surface area contributed by atoms with Gasteiger partial charge in [0.05, 0.1) is 24.0 Å². The molecular formula is C26H25N3O4. The third kappa shape index (κ3) is 3.91. The number of ether oxygens (including phenoxy) is 1. The molecule has 2 aromatic heterocycles. The Morgan fingerprint density at radius 2 is 1.94 bits per heavy atom. The predicted molar refractivity (Wildman–Crippen MR) is 127 cm³/mol. The first-order chi connectivity index (χ1) is 16.0. The standard InChI is InChI=1S/C26H25N3O4/c1-15(26(31)27-22-14-20(28-29-22)16-6-5-7-16)23-24(30)19-8-3-4-9-21(19)33-25(23)17-10-12-18(32-2)13-11-17/h3-4,8-16H,5-7H2,1-2H3,(H2,27,28,29,31). The van der Waals surface area contributed by atoms with E-state index in [-0.39, 0.29) is 11.3 Å². The number of benzene rings is 2. The number of aromatic amines is 1. The van der Waals surface area contributed by atoms with Crippen molar-refractivity contribution in [3.05, 3.63) is 76.1 Å². The Morgan fingerprint density at radius 3 is 2.64 bits per heavy atom. The third-order valence-corrected chi connectivity index (χ3v) is 6.41. The molecule has 1 aliphatic rings. The van der Waals surface area contributed by atoms with E-state index >= 15 is 0 Å². The lowest BCUT2D eigenvalue weighted by Crippen LogP contribution is -2.25. The van der Waals surface area contributed by atoms with Crippen molar-refractivity contribution in [2.75, 3.05) is 12.4 Å². The predicted octanol–water partition coefficient (Wildman–Crippen LogP) is 5.20. The van der Waals surface area contributed by atoms with Crippen LogP contribution in [-0.2, 0) is 4.79 Å². The van der Waals surface area contributed by atoms with Gasteiger partial charge in [-0.25, -0.2) is 0 Å². The first-order valence-electron chi connectivity index (χ1n) is 11.1. The Bertz CT molecular complexity index is 1370. The number of methoxy groups -OCH3 is 1. The fourth-order valence-corrected chi connectivity index (χ4v) is 4.20. The second-order valence-electron chi connectivity index (χ2n) is 8.45. The maximum absolute atomic E-state index is 13.5. The number of rotatable bonds is 6. The van der Waals surface area contributed by atoms with Crippen LogP contribution in [0.25, 0.3) is 22.3 Å². The van der Waals surface area contributed by atoms with Gasteiger partial charge in [-0.2, -0.15) is 5.10 Å². The van der Waals surface area contributed by atoms with Gasteiger partial charge in [0, 0.05) is 23.2 Å². The largest absolute Gasteiger partial charge is 0.497 e. The summed E-state index contributed by atoms with van der Waals surface area (Å²) in [4.78, 5) is 26.7. The number of hydrogen-bond donors (Lipinski definition) is 2. The number of aromatic nitrogens is 2. The molecular weight excluding hydrogens is 418 g/mol. The molecule has 0 bridgehead atoms. The van der Waals surface area contributed by atoms with E-state index in [1.807, 2.05) is 24.3 Å². The molecule has 1 amide bonds. The first kappa shape index (κ1) is 21.0. The van der Waals surface area contributed by atoms with Gasteiger partial charge in [0.2, 0.25) is 5.91 Å². The van der Waals surface area contributed by atoms with E-state index in [9.17, 15) is 9.59 Å². The number of nitrogens with zero attached hydrogens (tertiary/aromatic N) is 1. The third-order valence-electron chi connectivity index (χ3n) is 6.41. The average molecular weight is 444 g/mol. The van der Waals surface area contributed by atoms with Crippen molar-refractivity contribution in [3.8, 4) is 17.1 Å². The molecule has 1 fully saturated rings. The van der Waals surface area contributed by atoms with Crippen LogP contribution in [0, 0.1) is 0 Å². The van der Waals surface area contributed by atoms with Crippen molar-refractivity contribution >= 4 is 22.7 Å². The number of amides is 1. The minimum atomic E-state index is -0.758. The van der Waals surface area contributed by atoms with Crippen molar-refractivity contribution in [2.45, 2.75) is 38.0 Å². The molecule has 7 nitrogen and oxygen atoms in total. The second kappa shape index (κ2) is 8.58. The SMILES string of the molecule is COc1ccc(-c2oc3ccccc3c(=O)c2C(C)C(=O)Nc2cc(C3CCC3)[nH]n2)cc1. The lowest BCUT2D eigenvalue weighted by Gasteiger charge is -2.23. The zero-order valence-electron chi connectivity index (χ0n) is 18.6. The molecule has 5 rings (SSSR count). The van der Waals surface area contributed by atoms with Crippen LogP contribution in [0.5, 0.6) is 5.75 Å². The molecule has 33 heavy (non-hydrogen) atoms. The molecule has 1 atom stereocenters. The Morgan fingerprint density at radius 1 is 1.18 bits per heavy atom. The molecule has 0 radical (unpaired) electrons. The van der Waals surface area contributed by atoms with E-state index in [4.69, 9.17) is 9.15 Å². The summed E-state index contributed by atoms with van der Waals surface area (Å²) >= 11 is 0. The Kier molecular flexibility index (Phi) is 5.46. The van der Waals surface area contributed by atoms with Crippen LogP contribution in [0.15, 0.2) is 63.8 Å². The molecule has 2 N–H and O–H groups in total. The van der Waals surface area contributed by atoms with Gasteiger partial charge in [-0.1, -0.05) is 18.6 Å². The monoisotopic (exact) mass is 443 g/mol. The van der Waals surface area contributed by atoms with Crippen molar-refractivity contribution in [3.63, 3.8) is 0 Å². The van der Waals surface area contributed by atoms with E-state index in [2.05, 4.69) is 15.5 Å². The van der Waals surface area contributed by atoms with E-state index in [1.54, 1.807) is 44.4 Å². The highest BCUT2D eigenvalue weighted by molar-refractivity contribution is 5.96. The number of para-hydroxylation sites is 1. The molecule has 2 aromatic carbocycles. The number of carbonyl (C=O) groups is 1. The summed E-state index contributed by atoms with van der Waals surface area (Å²) in [6.07, 6.45) is 3.49. The summed E-state index contributed by atoms with van der Waals surface area (Å²) in [7, 11) is 1.59. The van der Waals surface area contributed by atoms with Crippen molar-refractivity contribution in [2.24, 2.45) is 0 Å². The summed E-state index contributed by atoms with van der Waals surface area (Å²) in [5, 5.41) is 10.5. The maximum atomic E-state index is 13.5. The van der Waals surface area contributed by atoms with Crippen LogP contribution in [0.2, 0.25) is 0 Å². The molecule has 1 unspecified atom stereocenters. The van der Waals surface area contributed by atoms with E-state index in [1.165, 1.54) is 6.42 Å². The van der Waals surface area contributed by atoms with Crippen molar-refractivity contribution < 1.29 is 13.9 Å². The molecule has 7 heteroatoms. The smallest absolute Gasteiger partial charge is 0.233 e. The summed E-state index contributed by atoms with van der Waals surface area (Å²) in [5.74, 6) is 0.932. The van der Waals surface area contributed by atoms with E-state index < -0.39 is 5.92 Å². The van der Waals surface area contributed by atoms with E-state index in [0.717, 1.165) is 18.5 Å². The maximum Gasteiger partial charge on any atom is 0.233 e. The minimum absolute atomic E-state index is 0.220. The summed E-state index contributed by atoms with van der Waals surface area (Å²) in [5.41, 5.74) is 2.30. The molecule has 0 spiro atoms. The van der Waals surface area contributed by atoms with Crippen molar-refractivity contribution in [1.82, 2.24) is 10.2 Å². The van der Waals surface area contributed by atoms with Crippen LogP contribution >= 0.6 is 0 Å². The average Bonchev–Trinajstić information content (AvgIpc) is 3.25. The Labute approximate surface area is 190 Å². The van der Waals surface area contributed by atoms with Crippen LogP contribution in [0.3, 0.4) is 0 Å². The normalized spacial score (nSPS) is 14.6. The zero-order valence-corrected chi connectivity index (χ0v) is 18.6. The van der Waals surface area contributed by atoms with Crippen LogP contribution < -0.4 is 15.5 Å². The summed E-state index contributed by atoms with van der Waals surface area (Å²) < 4.78 is 11.4. The quantitative estimate of drug-likeness (QED) is 0.427. The Balaban J connectivity index is 1.53. The fraction of sp³-hybridized carbons (Fsp3) is 0.269. The second-order valence-corrected chi connectivity index (χ2v) is 8.45. The van der Waals surface area contributed by atoms with E-state index in [0.29, 0.717) is 45.3 Å². The summed E-state index contributed by atoms with van der Waals surface area (Å²) in [6, 6.07) is 16.2. The minimum Gasteiger partial charge on any atom is -0.497 e. The fourth-order valence-electron chi connectivity index (χ4n) is 4.20. The number of anilines is 1. The topological polar surface area (TPSA) is 97.2 Å². The lowest BCUT2D eigenvalue weighted by atomic mass is 9.83. The van der Waals surface area contributed by atoms with Crippen LogP contribution in [-0.4, -0.2) is 23.2 Å². The zero-order chi connectivity index (χ0) is 22.9.